The number of nitrogens with two attached hydrogens (primary N) is 1. The average Bonchev–Trinajstić information content (AvgIpc) is 2.54. The second-order valence-corrected chi connectivity index (χ2v) is 4.48. The highest BCUT2D eigenvalue weighted by molar-refractivity contribution is 5.47. The Morgan fingerprint density at radius 2 is 1.62 bits per heavy atom. The van der Waals surface area contributed by atoms with Gasteiger partial charge in [0.15, 0.2) is 11.6 Å². The van der Waals surface area contributed by atoms with Crippen molar-refractivity contribution < 1.29 is 18.6 Å². The van der Waals surface area contributed by atoms with Crippen molar-refractivity contribution in [3.05, 3.63) is 53.3 Å². The van der Waals surface area contributed by atoms with Crippen molar-refractivity contribution in [2.24, 2.45) is 5.73 Å². The van der Waals surface area contributed by atoms with Crippen LogP contribution in [0.4, 0.5) is 4.39 Å². The van der Waals surface area contributed by atoms with Crippen molar-refractivity contribution in [1.82, 2.24) is 0 Å². The summed E-state index contributed by atoms with van der Waals surface area (Å²) in [6.45, 7) is 0. The van der Waals surface area contributed by atoms with E-state index in [4.69, 9.17) is 19.9 Å². The topological polar surface area (TPSA) is 53.7 Å². The van der Waals surface area contributed by atoms with Crippen LogP contribution in [0.15, 0.2) is 36.4 Å². The first-order valence-corrected chi connectivity index (χ1v) is 6.41. The summed E-state index contributed by atoms with van der Waals surface area (Å²) < 4.78 is 29.0. The van der Waals surface area contributed by atoms with Crippen molar-refractivity contribution >= 4 is 0 Å². The largest absolute Gasteiger partial charge is 0.497 e. The van der Waals surface area contributed by atoms with Crippen molar-refractivity contribution in [2.45, 2.75) is 6.04 Å². The summed E-state index contributed by atoms with van der Waals surface area (Å²) in [5.74, 6) is 1.04. The molecule has 0 saturated carbocycles. The fourth-order valence-corrected chi connectivity index (χ4v) is 2.12. The van der Waals surface area contributed by atoms with E-state index in [1.54, 1.807) is 38.5 Å². The monoisotopic (exact) mass is 291 g/mol. The predicted molar refractivity (Wildman–Crippen MR) is 78.5 cm³/mol. The summed E-state index contributed by atoms with van der Waals surface area (Å²) in [6.07, 6.45) is 0. The number of ether oxygens (including phenoxy) is 3. The molecule has 0 saturated heterocycles. The van der Waals surface area contributed by atoms with Gasteiger partial charge in [-0.25, -0.2) is 4.39 Å². The van der Waals surface area contributed by atoms with Gasteiger partial charge in [0.1, 0.15) is 11.5 Å². The highest BCUT2D eigenvalue weighted by atomic mass is 19.1. The molecule has 0 bridgehead atoms. The molecular formula is C16H18FNO3. The third kappa shape index (κ3) is 3.08. The van der Waals surface area contributed by atoms with Gasteiger partial charge in [-0.2, -0.15) is 0 Å². The van der Waals surface area contributed by atoms with E-state index in [1.165, 1.54) is 13.2 Å². The van der Waals surface area contributed by atoms with E-state index in [9.17, 15) is 4.39 Å². The molecule has 2 aromatic rings. The van der Waals surface area contributed by atoms with E-state index >= 15 is 0 Å². The number of rotatable bonds is 5. The smallest absolute Gasteiger partial charge is 0.165 e. The Morgan fingerprint density at radius 3 is 2.24 bits per heavy atom. The molecular weight excluding hydrogens is 273 g/mol. The summed E-state index contributed by atoms with van der Waals surface area (Å²) in [6, 6.07) is 9.49. The summed E-state index contributed by atoms with van der Waals surface area (Å²) in [5.41, 5.74) is 7.78. The molecule has 0 aromatic heterocycles. The predicted octanol–water partition coefficient (Wildman–Crippen LogP) is 2.90. The van der Waals surface area contributed by atoms with Crippen LogP contribution in [-0.4, -0.2) is 21.3 Å². The van der Waals surface area contributed by atoms with Crippen molar-refractivity contribution in [2.75, 3.05) is 21.3 Å². The highest BCUT2D eigenvalue weighted by Crippen LogP contribution is 2.33. The molecule has 4 nitrogen and oxygen atoms in total. The Hall–Kier alpha value is -2.27. The van der Waals surface area contributed by atoms with Gasteiger partial charge in [-0.05, 0) is 29.8 Å². The van der Waals surface area contributed by atoms with Crippen LogP contribution in [0.1, 0.15) is 17.2 Å². The Kier molecular flexibility index (Phi) is 4.65. The summed E-state index contributed by atoms with van der Waals surface area (Å²) in [7, 11) is 4.57. The van der Waals surface area contributed by atoms with Crippen LogP contribution in [0.25, 0.3) is 0 Å². The molecule has 0 aliphatic heterocycles. The van der Waals surface area contributed by atoms with E-state index in [0.717, 1.165) is 11.1 Å². The zero-order valence-corrected chi connectivity index (χ0v) is 12.2. The van der Waals surface area contributed by atoms with Gasteiger partial charge in [0, 0.05) is 11.6 Å². The fraction of sp³-hybridized carbons (Fsp3) is 0.250. The number of benzene rings is 2. The molecule has 0 aliphatic rings. The summed E-state index contributed by atoms with van der Waals surface area (Å²) in [5, 5.41) is 0. The molecule has 0 aliphatic carbocycles. The molecule has 21 heavy (non-hydrogen) atoms. The lowest BCUT2D eigenvalue weighted by molar-refractivity contribution is 0.384. The lowest BCUT2D eigenvalue weighted by Gasteiger charge is -2.17. The van der Waals surface area contributed by atoms with Gasteiger partial charge >= 0.3 is 0 Å². The van der Waals surface area contributed by atoms with Crippen LogP contribution in [0.2, 0.25) is 0 Å². The van der Waals surface area contributed by atoms with Gasteiger partial charge in [-0.15, -0.1) is 0 Å². The minimum Gasteiger partial charge on any atom is -0.497 e. The van der Waals surface area contributed by atoms with Crippen LogP contribution >= 0.6 is 0 Å². The number of hydrogen-bond donors (Lipinski definition) is 1. The number of methoxy groups -OCH3 is 3. The SMILES string of the molecule is COc1ccc(C(N)c2ccc(F)c(OC)c2)c(OC)c1. The van der Waals surface area contributed by atoms with Gasteiger partial charge in [0.05, 0.1) is 27.4 Å². The summed E-state index contributed by atoms with van der Waals surface area (Å²) >= 11 is 0. The molecule has 0 spiro atoms. The molecule has 0 heterocycles. The molecule has 0 fully saturated rings. The average molecular weight is 291 g/mol. The maximum Gasteiger partial charge on any atom is 0.165 e. The Labute approximate surface area is 123 Å². The Bertz CT molecular complexity index is 631. The first kappa shape index (κ1) is 15.1. The van der Waals surface area contributed by atoms with Crippen molar-refractivity contribution in [1.29, 1.82) is 0 Å². The molecule has 5 heteroatoms. The molecule has 2 aromatic carbocycles. The standard InChI is InChI=1S/C16H18FNO3/c1-19-11-5-6-12(14(9-11)20-2)16(18)10-4-7-13(17)15(8-10)21-3/h4-9,16H,18H2,1-3H3. The maximum atomic E-state index is 13.5. The molecule has 1 unspecified atom stereocenters. The van der Waals surface area contributed by atoms with E-state index in [1.807, 2.05) is 6.07 Å². The highest BCUT2D eigenvalue weighted by Gasteiger charge is 2.16. The maximum absolute atomic E-state index is 13.5. The van der Waals surface area contributed by atoms with Gasteiger partial charge in [0.2, 0.25) is 0 Å². The first-order valence-electron chi connectivity index (χ1n) is 6.41. The number of hydrogen-bond acceptors (Lipinski definition) is 4. The first-order chi connectivity index (χ1) is 10.1. The minimum atomic E-state index is -0.458. The van der Waals surface area contributed by atoms with Crippen LogP contribution in [0, 0.1) is 5.82 Å². The zero-order valence-electron chi connectivity index (χ0n) is 12.2. The Balaban J connectivity index is 2.41. The summed E-state index contributed by atoms with van der Waals surface area (Å²) in [4.78, 5) is 0. The lowest BCUT2D eigenvalue weighted by Crippen LogP contribution is -2.13. The third-order valence-electron chi connectivity index (χ3n) is 3.31. The quantitative estimate of drug-likeness (QED) is 0.920. The van der Waals surface area contributed by atoms with Crippen LogP contribution in [0.5, 0.6) is 17.2 Å². The second kappa shape index (κ2) is 6.45. The fourth-order valence-electron chi connectivity index (χ4n) is 2.12. The van der Waals surface area contributed by atoms with Gasteiger partial charge in [-0.1, -0.05) is 6.07 Å². The van der Waals surface area contributed by atoms with E-state index < -0.39 is 11.9 Å². The van der Waals surface area contributed by atoms with Crippen molar-refractivity contribution in [3.63, 3.8) is 0 Å². The van der Waals surface area contributed by atoms with Gasteiger partial charge in [0.25, 0.3) is 0 Å². The van der Waals surface area contributed by atoms with E-state index in [-0.39, 0.29) is 5.75 Å². The number of halogens is 1. The van der Waals surface area contributed by atoms with Gasteiger partial charge in [-0.3, -0.25) is 0 Å². The Morgan fingerprint density at radius 1 is 0.905 bits per heavy atom. The second-order valence-electron chi connectivity index (χ2n) is 4.48. The van der Waals surface area contributed by atoms with Crippen LogP contribution in [0.3, 0.4) is 0 Å². The molecule has 2 N–H and O–H groups in total. The van der Waals surface area contributed by atoms with Crippen LogP contribution < -0.4 is 19.9 Å². The van der Waals surface area contributed by atoms with Gasteiger partial charge < -0.3 is 19.9 Å². The molecule has 112 valence electrons. The normalized spacial score (nSPS) is 11.9. The van der Waals surface area contributed by atoms with Crippen molar-refractivity contribution in [3.8, 4) is 17.2 Å². The lowest BCUT2D eigenvalue weighted by atomic mass is 9.98. The third-order valence-corrected chi connectivity index (χ3v) is 3.31. The van der Waals surface area contributed by atoms with E-state index in [0.29, 0.717) is 11.5 Å². The van der Waals surface area contributed by atoms with Crippen LogP contribution in [-0.2, 0) is 0 Å². The zero-order chi connectivity index (χ0) is 15.4. The molecule has 0 radical (unpaired) electrons. The van der Waals surface area contributed by atoms with E-state index in [2.05, 4.69) is 0 Å². The molecule has 2 rings (SSSR count). The molecule has 0 amide bonds. The molecule has 1 atom stereocenters. The minimum absolute atomic E-state index is 0.162.